The Kier molecular flexibility index (Phi) is 8.94. The van der Waals surface area contributed by atoms with Crippen molar-refractivity contribution in [2.45, 2.75) is 12.3 Å². The van der Waals surface area contributed by atoms with Gasteiger partial charge in [-0.3, -0.25) is 0 Å². The summed E-state index contributed by atoms with van der Waals surface area (Å²) in [4.78, 5) is 16.4. The molecule has 10 aromatic carbocycles. The Labute approximate surface area is 373 Å². The highest BCUT2D eigenvalue weighted by atomic mass is 15.0. The van der Waals surface area contributed by atoms with E-state index in [4.69, 9.17) is 15.0 Å². The third-order valence-corrected chi connectivity index (χ3v) is 13.3. The molecule has 0 amide bonds. The van der Waals surface area contributed by atoms with Crippen molar-refractivity contribution in [3.8, 4) is 78.7 Å². The fourth-order valence-corrected chi connectivity index (χ4v) is 10.1. The van der Waals surface area contributed by atoms with E-state index in [1.807, 2.05) is 0 Å². The molecule has 11 aromatic rings. The molecule has 1 aliphatic rings. The number of benzene rings is 10. The fourth-order valence-electron chi connectivity index (χ4n) is 10.1. The van der Waals surface area contributed by atoms with Crippen molar-refractivity contribution in [1.82, 2.24) is 15.0 Å². The van der Waals surface area contributed by atoms with Crippen molar-refractivity contribution in [2.75, 3.05) is 0 Å². The number of rotatable bonds is 7. The van der Waals surface area contributed by atoms with Crippen LogP contribution in [0.5, 0.6) is 0 Å². The van der Waals surface area contributed by atoms with Crippen LogP contribution in [0, 0.1) is 0 Å². The normalized spacial score (nSPS) is 14.1. The van der Waals surface area contributed by atoms with E-state index in [0.717, 1.165) is 60.8 Å². The van der Waals surface area contributed by atoms with Crippen molar-refractivity contribution in [3.63, 3.8) is 0 Å². The molecule has 0 aliphatic heterocycles. The number of aromatic nitrogens is 3. The summed E-state index contributed by atoms with van der Waals surface area (Å²) in [6.45, 7) is 2.39. The second kappa shape index (κ2) is 15.3. The van der Waals surface area contributed by atoms with Gasteiger partial charge in [-0.25, -0.2) is 15.0 Å². The molecular formula is C61H41N3. The van der Waals surface area contributed by atoms with E-state index < -0.39 is 5.41 Å². The van der Waals surface area contributed by atoms with Gasteiger partial charge in [-0.1, -0.05) is 224 Å². The predicted molar refractivity (Wildman–Crippen MR) is 265 cm³/mol. The molecule has 300 valence electrons. The molecule has 0 fully saturated rings. The Morgan fingerprint density at radius 3 is 1.34 bits per heavy atom. The van der Waals surface area contributed by atoms with Gasteiger partial charge in [0.25, 0.3) is 0 Å². The van der Waals surface area contributed by atoms with Gasteiger partial charge < -0.3 is 0 Å². The minimum absolute atomic E-state index is 0.390. The molecule has 1 atom stereocenters. The lowest BCUT2D eigenvalue weighted by atomic mass is 9.73. The zero-order valence-corrected chi connectivity index (χ0v) is 35.3. The van der Waals surface area contributed by atoms with Crippen LogP contribution in [-0.4, -0.2) is 15.0 Å². The van der Waals surface area contributed by atoms with Gasteiger partial charge in [-0.05, 0) is 95.7 Å². The van der Waals surface area contributed by atoms with Crippen molar-refractivity contribution < 1.29 is 0 Å². The number of hydrogen-bond acceptors (Lipinski definition) is 3. The molecule has 1 unspecified atom stereocenters. The molecule has 1 aliphatic carbocycles. The molecular weight excluding hydrogens is 775 g/mol. The first kappa shape index (κ1) is 37.5. The molecule has 1 aromatic heterocycles. The molecule has 1 heterocycles. The maximum Gasteiger partial charge on any atom is 0.165 e. The van der Waals surface area contributed by atoms with Crippen LogP contribution < -0.4 is 0 Å². The van der Waals surface area contributed by atoms with Crippen LogP contribution in [0.2, 0.25) is 0 Å². The summed E-state index contributed by atoms with van der Waals surface area (Å²) in [7, 11) is 0. The molecule has 0 saturated heterocycles. The standard InChI is InChI=1S/C61H41N3/c1-61(45-25-9-4-10-26-45)54-38-35-43-24-11-13-29-48(43)56(54)53-37-34-44(39-55(53)61)50-36-33-42-23-12-14-30-49(42)57(50)60-63-58(51-31-17-15-27-46(51)40-19-5-2-6-20-40)62-59(64-60)52-32-18-16-28-47(52)41-21-7-3-8-22-41/h2-39H,1H3. The highest BCUT2D eigenvalue weighted by molar-refractivity contribution is 6.06. The molecule has 0 saturated carbocycles. The van der Waals surface area contributed by atoms with E-state index in [-0.39, 0.29) is 0 Å². The van der Waals surface area contributed by atoms with E-state index in [2.05, 4.69) is 237 Å². The molecule has 0 N–H and O–H groups in total. The predicted octanol–water partition coefficient (Wildman–Crippen LogP) is 15.5. The zero-order chi connectivity index (χ0) is 42.6. The lowest BCUT2D eigenvalue weighted by Gasteiger charge is -2.29. The van der Waals surface area contributed by atoms with Gasteiger partial charge in [-0.2, -0.15) is 0 Å². The van der Waals surface area contributed by atoms with Crippen molar-refractivity contribution in [3.05, 3.63) is 247 Å². The number of hydrogen-bond donors (Lipinski definition) is 0. The monoisotopic (exact) mass is 815 g/mol. The summed E-state index contributed by atoms with van der Waals surface area (Å²) >= 11 is 0. The van der Waals surface area contributed by atoms with Gasteiger partial charge in [0.05, 0.1) is 0 Å². The maximum absolute atomic E-state index is 5.52. The summed E-state index contributed by atoms with van der Waals surface area (Å²) in [5, 5.41) is 4.72. The Morgan fingerprint density at radius 1 is 0.297 bits per heavy atom. The Hall–Kier alpha value is -8.27. The molecule has 12 rings (SSSR count). The van der Waals surface area contributed by atoms with Gasteiger partial charge in [0.1, 0.15) is 0 Å². The Bertz CT molecular complexity index is 3460. The van der Waals surface area contributed by atoms with E-state index in [9.17, 15) is 0 Å². The van der Waals surface area contributed by atoms with E-state index in [1.165, 1.54) is 38.6 Å². The molecule has 3 heteroatoms. The summed E-state index contributed by atoms with van der Waals surface area (Å²) in [5.41, 5.74) is 15.4. The van der Waals surface area contributed by atoms with Crippen molar-refractivity contribution >= 4 is 21.5 Å². The van der Waals surface area contributed by atoms with Gasteiger partial charge in [0.2, 0.25) is 0 Å². The summed E-state index contributed by atoms with van der Waals surface area (Å²) in [6, 6.07) is 82.4. The van der Waals surface area contributed by atoms with Gasteiger partial charge in [-0.15, -0.1) is 0 Å². The summed E-state index contributed by atoms with van der Waals surface area (Å²) in [5.74, 6) is 1.86. The SMILES string of the molecule is CC1(c2ccccc2)c2cc(-c3ccc4ccccc4c3-c3nc(-c4ccccc4-c4ccccc4)nc(-c4ccccc4-c4ccccc4)n3)ccc2-c2c1ccc1ccccc21. The van der Waals surface area contributed by atoms with Crippen LogP contribution in [-0.2, 0) is 5.41 Å². The number of nitrogens with zero attached hydrogens (tertiary/aromatic N) is 3. The lowest BCUT2D eigenvalue weighted by molar-refractivity contribution is 0.714. The van der Waals surface area contributed by atoms with E-state index in [1.54, 1.807) is 0 Å². The van der Waals surface area contributed by atoms with Crippen LogP contribution in [0.25, 0.3) is 100 Å². The van der Waals surface area contributed by atoms with Crippen LogP contribution in [0.1, 0.15) is 23.6 Å². The first-order chi connectivity index (χ1) is 31.6. The second-order valence-electron chi connectivity index (χ2n) is 16.8. The van der Waals surface area contributed by atoms with Crippen molar-refractivity contribution in [1.29, 1.82) is 0 Å². The Morgan fingerprint density at radius 2 is 0.750 bits per heavy atom. The lowest BCUT2D eigenvalue weighted by Crippen LogP contribution is -2.22. The van der Waals surface area contributed by atoms with Gasteiger partial charge in [0, 0.05) is 22.1 Å². The van der Waals surface area contributed by atoms with Gasteiger partial charge >= 0.3 is 0 Å². The number of fused-ring (bicyclic) bond motifs is 6. The second-order valence-corrected chi connectivity index (χ2v) is 16.8. The fraction of sp³-hybridized carbons (Fsp3) is 0.0328. The highest BCUT2D eigenvalue weighted by Gasteiger charge is 2.42. The van der Waals surface area contributed by atoms with Crippen LogP contribution >= 0.6 is 0 Å². The highest BCUT2D eigenvalue weighted by Crippen LogP contribution is 2.55. The average Bonchev–Trinajstić information content (AvgIpc) is 3.64. The van der Waals surface area contributed by atoms with Crippen LogP contribution in [0.4, 0.5) is 0 Å². The molecule has 3 nitrogen and oxygen atoms in total. The Balaban J connectivity index is 1.13. The van der Waals surface area contributed by atoms with Gasteiger partial charge in [0.15, 0.2) is 17.5 Å². The maximum atomic E-state index is 5.52. The smallest absolute Gasteiger partial charge is 0.165 e. The van der Waals surface area contributed by atoms with Crippen LogP contribution in [0.3, 0.4) is 0 Å². The molecule has 0 spiro atoms. The summed E-state index contributed by atoms with van der Waals surface area (Å²) in [6.07, 6.45) is 0. The minimum Gasteiger partial charge on any atom is -0.208 e. The first-order valence-corrected chi connectivity index (χ1v) is 21.9. The van der Waals surface area contributed by atoms with Crippen molar-refractivity contribution in [2.24, 2.45) is 0 Å². The molecule has 64 heavy (non-hydrogen) atoms. The first-order valence-electron chi connectivity index (χ1n) is 21.9. The minimum atomic E-state index is -0.390. The molecule has 0 radical (unpaired) electrons. The zero-order valence-electron chi connectivity index (χ0n) is 35.3. The molecule has 0 bridgehead atoms. The third-order valence-electron chi connectivity index (χ3n) is 13.3. The quantitative estimate of drug-likeness (QED) is 0.161. The average molecular weight is 816 g/mol. The van der Waals surface area contributed by atoms with E-state index >= 15 is 0 Å². The third kappa shape index (κ3) is 6.08. The topological polar surface area (TPSA) is 38.7 Å². The largest absolute Gasteiger partial charge is 0.208 e. The summed E-state index contributed by atoms with van der Waals surface area (Å²) < 4.78 is 0. The van der Waals surface area contributed by atoms with E-state index in [0.29, 0.717) is 17.5 Å². The van der Waals surface area contributed by atoms with Crippen LogP contribution in [0.15, 0.2) is 231 Å².